The molecule has 19 heavy (non-hydrogen) atoms. The monoisotopic (exact) mass is 262 g/mol. The zero-order valence-corrected chi connectivity index (χ0v) is 10.4. The highest BCUT2D eigenvalue weighted by Crippen LogP contribution is 2.26. The number of nitrogens with two attached hydrogens (primary N) is 1. The van der Waals surface area contributed by atoms with E-state index in [1.165, 1.54) is 12.1 Å². The fraction of sp³-hybridized carbons (Fsp3) is 0.231. The van der Waals surface area contributed by atoms with Gasteiger partial charge in [0.15, 0.2) is 0 Å². The van der Waals surface area contributed by atoms with Crippen LogP contribution in [-0.2, 0) is 6.42 Å². The summed E-state index contributed by atoms with van der Waals surface area (Å²) in [6.45, 7) is 0. The first-order valence-corrected chi connectivity index (χ1v) is 5.73. The van der Waals surface area contributed by atoms with Gasteiger partial charge in [-0.05, 0) is 24.1 Å². The van der Waals surface area contributed by atoms with Crippen LogP contribution in [0.3, 0.4) is 0 Å². The lowest BCUT2D eigenvalue weighted by Gasteiger charge is -2.11. The lowest BCUT2D eigenvalue weighted by Crippen LogP contribution is -2.13. The standard InChI is InChI=1S/C13H14N2O4/c1-18-11-5-3-2-4-9(11)8-10(14)12-6-7-13(19-12)15(16)17/h2-7,10H,8,14H2,1H3. The van der Waals surface area contributed by atoms with Crippen LogP contribution in [0.1, 0.15) is 17.4 Å². The zero-order chi connectivity index (χ0) is 13.8. The van der Waals surface area contributed by atoms with Crippen molar-refractivity contribution in [2.45, 2.75) is 12.5 Å². The molecule has 0 saturated heterocycles. The van der Waals surface area contributed by atoms with Gasteiger partial charge in [-0.2, -0.15) is 0 Å². The Hall–Kier alpha value is -2.34. The lowest BCUT2D eigenvalue weighted by atomic mass is 10.0. The second-order valence-corrected chi connectivity index (χ2v) is 4.06. The molecule has 1 atom stereocenters. The van der Waals surface area contributed by atoms with E-state index in [1.807, 2.05) is 24.3 Å². The molecule has 6 heteroatoms. The molecule has 1 aromatic heterocycles. The first kappa shape index (κ1) is 13.1. The predicted octanol–water partition coefficient (Wildman–Crippen LogP) is 2.44. The summed E-state index contributed by atoms with van der Waals surface area (Å²) in [5.41, 5.74) is 6.92. The molecule has 0 aliphatic heterocycles. The molecule has 1 aromatic carbocycles. The van der Waals surface area contributed by atoms with Crippen molar-refractivity contribution in [1.82, 2.24) is 0 Å². The molecule has 0 amide bonds. The number of nitro groups is 1. The van der Waals surface area contributed by atoms with Crippen molar-refractivity contribution in [1.29, 1.82) is 0 Å². The minimum atomic E-state index is -0.584. The van der Waals surface area contributed by atoms with Crippen molar-refractivity contribution in [3.05, 3.63) is 57.8 Å². The smallest absolute Gasteiger partial charge is 0.433 e. The van der Waals surface area contributed by atoms with E-state index >= 15 is 0 Å². The van der Waals surface area contributed by atoms with Gasteiger partial charge in [0.2, 0.25) is 0 Å². The van der Waals surface area contributed by atoms with Gasteiger partial charge in [0.05, 0.1) is 19.2 Å². The van der Waals surface area contributed by atoms with E-state index in [2.05, 4.69) is 0 Å². The fourth-order valence-corrected chi connectivity index (χ4v) is 1.85. The van der Waals surface area contributed by atoms with Gasteiger partial charge in [-0.3, -0.25) is 10.1 Å². The second-order valence-electron chi connectivity index (χ2n) is 4.06. The lowest BCUT2D eigenvalue weighted by molar-refractivity contribution is -0.402. The summed E-state index contributed by atoms with van der Waals surface area (Å²) < 4.78 is 10.3. The van der Waals surface area contributed by atoms with Crippen LogP contribution < -0.4 is 10.5 Å². The minimum absolute atomic E-state index is 0.300. The Labute approximate surface area is 109 Å². The Balaban J connectivity index is 2.15. The van der Waals surface area contributed by atoms with E-state index in [9.17, 15) is 10.1 Å². The van der Waals surface area contributed by atoms with Crippen molar-refractivity contribution in [3.63, 3.8) is 0 Å². The third-order valence-corrected chi connectivity index (χ3v) is 2.79. The Morgan fingerprint density at radius 1 is 1.37 bits per heavy atom. The van der Waals surface area contributed by atoms with E-state index in [0.29, 0.717) is 12.2 Å². The van der Waals surface area contributed by atoms with Gasteiger partial charge in [0, 0.05) is 0 Å². The highest BCUT2D eigenvalue weighted by atomic mass is 16.6. The highest BCUT2D eigenvalue weighted by Gasteiger charge is 2.18. The SMILES string of the molecule is COc1ccccc1CC(N)c1ccc([N+](=O)[O-])o1. The normalized spacial score (nSPS) is 12.1. The van der Waals surface area contributed by atoms with Gasteiger partial charge in [0.1, 0.15) is 16.4 Å². The van der Waals surface area contributed by atoms with E-state index in [-0.39, 0.29) is 5.88 Å². The van der Waals surface area contributed by atoms with Gasteiger partial charge in [-0.25, -0.2) is 0 Å². The molecule has 0 bridgehead atoms. The number of nitrogens with zero attached hydrogens (tertiary/aromatic N) is 1. The first-order chi connectivity index (χ1) is 9.11. The van der Waals surface area contributed by atoms with Crippen molar-refractivity contribution in [2.24, 2.45) is 5.73 Å². The number of furan rings is 1. The first-order valence-electron chi connectivity index (χ1n) is 5.73. The maximum absolute atomic E-state index is 10.5. The summed E-state index contributed by atoms with van der Waals surface area (Å²) in [6.07, 6.45) is 0.481. The molecule has 1 unspecified atom stereocenters. The molecule has 0 spiro atoms. The molecule has 2 rings (SSSR count). The van der Waals surface area contributed by atoms with Crippen molar-refractivity contribution in [3.8, 4) is 5.75 Å². The molecule has 0 aliphatic carbocycles. The largest absolute Gasteiger partial charge is 0.496 e. The van der Waals surface area contributed by atoms with Gasteiger partial charge in [-0.15, -0.1) is 0 Å². The van der Waals surface area contributed by atoms with Gasteiger partial charge < -0.3 is 14.9 Å². The fourth-order valence-electron chi connectivity index (χ4n) is 1.85. The van der Waals surface area contributed by atoms with Gasteiger partial charge in [0.25, 0.3) is 0 Å². The predicted molar refractivity (Wildman–Crippen MR) is 69.0 cm³/mol. The third kappa shape index (κ3) is 2.92. The number of para-hydroxylation sites is 1. The van der Waals surface area contributed by atoms with Crippen LogP contribution in [0.2, 0.25) is 0 Å². The molecule has 0 fully saturated rings. The molecule has 100 valence electrons. The second kappa shape index (κ2) is 5.53. The molecular weight excluding hydrogens is 248 g/mol. The average Bonchev–Trinajstić information content (AvgIpc) is 2.89. The summed E-state index contributed by atoms with van der Waals surface area (Å²) in [6, 6.07) is 9.86. The van der Waals surface area contributed by atoms with E-state index < -0.39 is 11.0 Å². The van der Waals surface area contributed by atoms with E-state index in [1.54, 1.807) is 7.11 Å². The summed E-state index contributed by atoms with van der Waals surface area (Å²) in [4.78, 5) is 9.96. The number of benzene rings is 1. The number of hydrogen-bond donors (Lipinski definition) is 1. The molecule has 1 heterocycles. The summed E-state index contributed by atoms with van der Waals surface area (Å²) in [7, 11) is 1.59. The maximum atomic E-state index is 10.5. The van der Waals surface area contributed by atoms with Crippen LogP contribution in [0.15, 0.2) is 40.8 Å². The number of methoxy groups -OCH3 is 1. The Morgan fingerprint density at radius 3 is 2.74 bits per heavy atom. The number of ether oxygens (including phenoxy) is 1. The topological polar surface area (TPSA) is 91.5 Å². The van der Waals surface area contributed by atoms with Crippen molar-refractivity contribution < 1.29 is 14.1 Å². The van der Waals surface area contributed by atoms with Gasteiger partial charge >= 0.3 is 5.88 Å². The summed E-state index contributed by atoms with van der Waals surface area (Å²) in [5.74, 6) is 0.821. The van der Waals surface area contributed by atoms with Crippen molar-refractivity contribution >= 4 is 5.88 Å². The van der Waals surface area contributed by atoms with Crippen LogP contribution in [0, 0.1) is 10.1 Å². The maximum Gasteiger partial charge on any atom is 0.433 e. The van der Waals surface area contributed by atoms with E-state index in [0.717, 1.165) is 11.3 Å². The molecule has 2 N–H and O–H groups in total. The van der Waals surface area contributed by atoms with Gasteiger partial charge in [-0.1, -0.05) is 18.2 Å². The Bertz CT molecular complexity index is 580. The Kier molecular flexibility index (Phi) is 3.82. The molecule has 2 aromatic rings. The molecule has 0 saturated carbocycles. The van der Waals surface area contributed by atoms with Crippen LogP contribution in [0.4, 0.5) is 5.88 Å². The Morgan fingerprint density at radius 2 is 2.11 bits per heavy atom. The molecule has 0 aliphatic rings. The summed E-state index contributed by atoms with van der Waals surface area (Å²) >= 11 is 0. The molecular formula is C13H14N2O4. The molecule has 0 radical (unpaired) electrons. The van der Waals surface area contributed by atoms with E-state index in [4.69, 9.17) is 14.9 Å². The summed E-state index contributed by atoms with van der Waals surface area (Å²) in [5, 5.41) is 10.5. The quantitative estimate of drug-likeness (QED) is 0.660. The minimum Gasteiger partial charge on any atom is -0.496 e. The molecule has 6 nitrogen and oxygen atoms in total. The van der Waals surface area contributed by atoms with Crippen LogP contribution in [0.5, 0.6) is 5.75 Å². The van der Waals surface area contributed by atoms with Crippen molar-refractivity contribution in [2.75, 3.05) is 7.11 Å². The van der Waals surface area contributed by atoms with Crippen LogP contribution >= 0.6 is 0 Å². The zero-order valence-electron chi connectivity index (χ0n) is 10.4. The average molecular weight is 262 g/mol. The van der Waals surface area contributed by atoms with Crippen LogP contribution in [0.25, 0.3) is 0 Å². The number of hydrogen-bond acceptors (Lipinski definition) is 5. The highest BCUT2D eigenvalue weighted by molar-refractivity contribution is 5.34. The third-order valence-electron chi connectivity index (χ3n) is 2.79. The van der Waals surface area contributed by atoms with Crippen LogP contribution in [-0.4, -0.2) is 12.0 Å². The number of rotatable bonds is 5.